The van der Waals surface area contributed by atoms with Crippen molar-refractivity contribution in [2.24, 2.45) is 5.92 Å². The van der Waals surface area contributed by atoms with Gasteiger partial charge in [0.2, 0.25) is 23.7 Å². The number of hydrogen-bond donors (Lipinski definition) is 4. The standard InChI is InChI=1S/C42H51F2N9O5/c43-33-24-30(46-35-14-16-37(54)49-40(35)56)11-15-36(33)52-20-18-51(19-21-52)31-12-5-26(6-13-31)39(55)47-28-7-9-29(10-8-28)48-41-45-25-34(44)38(50-41)27-3-1-4-32(23-27)53-17-2-22-58-42(53)57/h1,3-4,11,15,23-26,28-29,31,35,46H,2,5-10,12-14,16-22H2,(H,47,55)(H,45,48,50)(H,49,54,56)/t26-,28?,29?,31-,35?. The van der Waals surface area contributed by atoms with E-state index in [1.165, 1.54) is 12.3 Å². The van der Waals surface area contributed by atoms with Crippen LogP contribution in [0.1, 0.15) is 70.6 Å². The van der Waals surface area contributed by atoms with Gasteiger partial charge in [0.1, 0.15) is 17.6 Å². The molecule has 1 unspecified atom stereocenters. The molecule has 1 atom stereocenters. The van der Waals surface area contributed by atoms with Gasteiger partial charge in [0.15, 0.2) is 5.82 Å². The van der Waals surface area contributed by atoms with Gasteiger partial charge in [0, 0.05) is 80.1 Å². The molecule has 1 aromatic heterocycles. The maximum absolute atomic E-state index is 15.2. The zero-order valence-electron chi connectivity index (χ0n) is 32.6. The van der Waals surface area contributed by atoms with Crippen LogP contribution in [0.15, 0.2) is 48.7 Å². The van der Waals surface area contributed by atoms with Crippen molar-refractivity contribution in [1.82, 2.24) is 25.5 Å². The largest absolute Gasteiger partial charge is 0.449 e. The van der Waals surface area contributed by atoms with Crippen LogP contribution >= 0.6 is 0 Å². The van der Waals surface area contributed by atoms with Crippen LogP contribution in [0.4, 0.5) is 36.6 Å². The van der Waals surface area contributed by atoms with Crippen molar-refractivity contribution in [3.05, 3.63) is 60.3 Å². The summed E-state index contributed by atoms with van der Waals surface area (Å²) in [5, 5.41) is 12.1. The number of piperidine rings is 1. The minimum Gasteiger partial charge on any atom is -0.449 e. The fraction of sp³-hybridized carbons (Fsp3) is 0.524. The van der Waals surface area contributed by atoms with E-state index in [9.17, 15) is 23.6 Å². The summed E-state index contributed by atoms with van der Waals surface area (Å²) in [6, 6.07) is 12.0. The molecule has 3 aromatic rings. The summed E-state index contributed by atoms with van der Waals surface area (Å²) in [6.45, 7) is 3.98. The van der Waals surface area contributed by atoms with E-state index in [0.29, 0.717) is 67.3 Å². The highest BCUT2D eigenvalue weighted by atomic mass is 19.1. The van der Waals surface area contributed by atoms with Gasteiger partial charge in [-0.3, -0.25) is 29.5 Å². The summed E-state index contributed by atoms with van der Waals surface area (Å²) < 4.78 is 35.3. The first-order valence-electron chi connectivity index (χ1n) is 20.7. The highest BCUT2D eigenvalue weighted by Crippen LogP contribution is 2.32. The number of carbonyl (C=O) groups is 4. The summed E-state index contributed by atoms with van der Waals surface area (Å²) >= 11 is 0. The third kappa shape index (κ3) is 9.16. The van der Waals surface area contributed by atoms with E-state index in [-0.39, 0.29) is 53.7 Å². The van der Waals surface area contributed by atoms with Crippen molar-refractivity contribution in [3.63, 3.8) is 0 Å². The Kier molecular flexibility index (Phi) is 12.0. The molecule has 0 spiro atoms. The smallest absolute Gasteiger partial charge is 0.414 e. The summed E-state index contributed by atoms with van der Waals surface area (Å²) in [5.74, 6) is -1.10. The lowest BCUT2D eigenvalue weighted by Gasteiger charge is -2.42. The number of amides is 4. The third-order valence-corrected chi connectivity index (χ3v) is 12.3. The number of halogens is 2. The lowest BCUT2D eigenvalue weighted by Crippen LogP contribution is -2.52. The van der Waals surface area contributed by atoms with E-state index < -0.39 is 18.0 Å². The molecule has 0 bridgehead atoms. The molecule has 4 heterocycles. The van der Waals surface area contributed by atoms with Gasteiger partial charge >= 0.3 is 6.09 Å². The number of imide groups is 1. The van der Waals surface area contributed by atoms with Gasteiger partial charge in [-0.1, -0.05) is 12.1 Å². The number of aromatic nitrogens is 2. The Labute approximate surface area is 336 Å². The van der Waals surface area contributed by atoms with Crippen molar-refractivity contribution in [3.8, 4) is 11.3 Å². The number of carbonyl (C=O) groups excluding carboxylic acids is 4. The number of anilines is 4. The minimum atomic E-state index is -0.564. The SMILES string of the molecule is O=C1CCC(Nc2ccc(N3CCN([C@H]4CC[C@H](C(=O)NC5CCC(Nc6ncc(F)c(-c7cccc(N8CCCOC8=O)c7)n6)CC5)CC4)CC3)c(F)c2)C(=O)N1. The van der Waals surface area contributed by atoms with Crippen LogP contribution in [0.3, 0.4) is 0 Å². The molecule has 2 aliphatic carbocycles. The lowest BCUT2D eigenvalue weighted by atomic mass is 9.83. The molecule has 4 amide bonds. The Hall–Kier alpha value is -5.38. The molecular formula is C42H51F2N9O5. The van der Waals surface area contributed by atoms with Crippen LogP contribution in [-0.4, -0.2) is 102 Å². The third-order valence-electron chi connectivity index (χ3n) is 12.3. The molecule has 16 heteroatoms. The van der Waals surface area contributed by atoms with Crippen LogP contribution in [0, 0.1) is 17.6 Å². The van der Waals surface area contributed by atoms with Crippen molar-refractivity contribution in [2.75, 3.05) is 59.8 Å². The zero-order chi connectivity index (χ0) is 40.2. The van der Waals surface area contributed by atoms with Crippen molar-refractivity contribution in [1.29, 1.82) is 0 Å². The van der Waals surface area contributed by atoms with Crippen molar-refractivity contribution >= 4 is 46.8 Å². The number of nitrogens with one attached hydrogen (secondary N) is 4. The van der Waals surface area contributed by atoms with Crippen molar-refractivity contribution < 1.29 is 32.7 Å². The average Bonchev–Trinajstić information content (AvgIpc) is 3.24. The second kappa shape index (κ2) is 17.6. The van der Waals surface area contributed by atoms with E-state index in [1.54, 1.807) is 41.3 Å². The molecule has 2 aromatic carbocycles. The highest BCUT2D eigenvalue weighted by Gasteiger charge is 2.33. The monoisotopic (exact) mass is 799 g/mol. The van der Waals surface area contributed by atoms with Crippen LogP contribution in [0.25, 0.3) is 11.3 Å². The Balaban J connectivity index is 0.754. The molecular weight excluding hydrogens is 749 g/mol. The molecule has 8 rings (SSSR count). The van der Waals surface area contributed by atoms with Crippen molar-refractivity contribution in [2.45, 2.75) is 94.8 Å². The minimum absolute atomic E-state index is 0.000112. The molecule has 5 fully saturated rings. The number of nitrogens with zero attached hydrogens (tertiary/aromatic N) is 5. The summed E-state index contributed by atoms with van der Waals surface area (Å²) in [5.41, 5.74) is 2.37. The normalized spacial score (nSPS) is 25.8. The van der Waals surface area contributed by atoms with Crippen LogP contribution in [0.2, 0.25) is 0 Å². The molecule has 58 heavy (non-hydrogen) atoms. The Morgan fingerprint density at radius 3 is 2.34 bits per heavy atom. The Morgan fingerprint density at radius 2 is 1.60 bits per heavy atom. The predicted octanol–water partition coefficient (Wildman–Crippen LogP) is 5.21. The molecule has 3 aliphatic heterocycles. The number of cyclic esters (lactones) is 1. The number of rotatable bonds is 10. The van der Waals surface area contributed by atoms with Gasteiger partial charge in [-0.05, 0) is 94.5 Å². The molecule has 4 N–H and O–H groups in total. The summed E-state index contributed by atoms with van der Waals surface area (Å²) in [6.07, 6.45) is 9.00. The van der Waals surface area contributed by atoms with Crippen LogP contribution in [0.5, 0.6) is 0 Å². The number of ether oxygens (including phenoxy) is 1. The molecule has 308 valence electrons. The lowest BCUT2D eigenvalue weighted by molar-refractivity contribution is -0.133. The zero-order valence-corrected chi connectivity index (χ0v) is 32.6. The molecule has 14 nitrogen and oxygen atoms in total. The van der Waals surface area contributed by atoms with Gasteiger partial charge in [0.05, 0.1) is 18.5 Å². The first kappa shape index (κ1) is 39.4. The van der Waals surface area contributed by atoms with E-state index in [4.69, 9.17) is 4.74 Å². The number of piperazine rings is 1. The molecule has 5 aliphatic rings. The van der Waals surface area contributed by atoms with Crippen LogP contribution < -0.4 is 31.1 Å². The van der Waals surface area contributed by atoms with Gasteiger partial charge in [-0.15, -0.1) is 0 Å². The maximum atomic E-state index is 15.2. The number of hydrogen-bond acceptors (Lipinski definition) is 11. The van der Waals surface area contributed by atoms with Gasteiger partial charge in [-0.2, -0.15) is 0 Å². The Bertz CT molecular complexity index is 2000. The van der Waals surface area contributed by atoms with E-state index in [1.807, 2.05) is 0 Å². The van der Waals surface area contributed by atoms with Gasteiger partial charge in [-0.25, -0.2) is 23.5 Å². The number of benzene rings is 2. The van der Waals surface area contributed by atoms with Crippen LogP contribution in [-0.2, 0) is 19.1 Å². The predicted molar refractivity (Wildman–Crippen MR) is 214 cm³/mol. The second-order valence-corrected chi connectivity index (χ2v) is 16.1. The molecule has 2 saturated carbocycles. The van der Waals surface area contributed by atoms with E-state index in [0.717, 1.165) is 70.9 Å². The fourth-order valence-corrected chi connectivity index (χ4v) is 9.05. The average molecular weight is 800 g/mol. The van der Waals surface area contributed by atoms with E-state index in [2.05, 4.69) is 41.0 Å². The first-order chi connectivity index (χ1) is 28.2. The van der Waals surface area contributed by atoms with E-state index >= 15 is 4.39 Å². The quantitative estimate of drug-likeness (QED) is 0.200. The molecule has 3 saturated heterocycles. The summed E-state index contributed by atoms with van der Waals surface area (Å²) in [4.78, 5) is 64.0. The second-order valence-electron chi connectivity index (χ2n) is 16.1. The fourth-order valence-electron chi connectivity index (χ4n) is 9.05. The maximum Gasteiger partial charge on any atom is 0.414 e. The highest BCUT2D eigenvalue weighted by molar-refractivity contribution is 6.01. The summed E-state index contributed by atoms with van der Waals surface area (Å²) in [7, 11) is 0. The topological polar surface area (TPSA) is 161 Å². The first-order valence-corrected chi connectivity index (χ1v) is 20.7. The van der Waals surface area contributed by atoms with Gasteiger partial charge < -0.3 is 25.6 Å². The molecule has 0 radical (unpaired) electrons. The Morgan fingerprint density at radius 1 is 0.828 bits per heavy atom. The van der Waals surface area contributed by atoms with Gasteiger partial charge in [0.25, 0.3) is 0 Å².